The van der Waals surface area contributed by atoms with Crippen LogP contribution in [0.1, 0.15) is 76.7 Å². The molecular weight excluding hydrogens is 266 g/mol. The van der Waals surface area contributed by atoms with Crippen molar-refractivity contribution in [2.75, 3.05) is 19.6 Å². The van der Waals surface area contributed by atoms with Crippen molar-refractivity contribution < 1.29 is 0 Å². The molecule has 2 rings (SSSR count). The van der Waals surface area contributed by atoms with Crippen LogP contribution in [0.25, 0.3) is 0 Å². The second-order valence-corrected chi connectivity index (χ2v) is 7.05. The Kier molecular flexibility index (Phi) is 8.01. The predicted molar refractivity (Wildman–Crippen MR) is 97.4 cm³/mol. The Morgan fingerprint density at radius 1 is 0.864 bits per heavy atom. The second kappa shape index (κ2) is 10.0. The fourth-order valence-electron chi connectivity index (χ4n) is 4.17. The highest BCUT2D eigenvalue weighted by Crippen LogP contribution is 2.34. The first-order valence-corrected chi connectivity index (χ1v) is 9.62. The lowest BCUT2D eigenvalue weighted by Gasteiger charge is -2.32. The van der Waals surface area contributed by atoms with Crippen LogP contribution in [0.5, 0.6) is 0 Å². The molecule has 22 heavy (non-hydrogen) atoms. The molecule has 0 N–H and O–H groups in total. The largest absolute Gasteiger partial charge is 0.303 e. The molecule has 0 aromatic heterocycles. The van der Waals surface area contributed by atoms with E-state index in [9.17, 15) is 0 Å². The fraction of sp³-hybridized carbons (Fsp3) is 0.714. The third-order valence-electron chi connectivity index (χ3n) is 5.32. The Labute approximate surface area is 138 Å². The lowest BCUT2D eigenvalue weighted by atomic mass is 9.78. The van der Waals surface area contributed by atoms with Gasteiger partial charge in [-0.25, -0.2) is 0 Å². The van der Waals surface area contributed by atoms with Gasteiger partial charge in [0.1, 0.15) is 0 Å². The molecule has 0 aliphatic carbocycles. The van der Waals surface area contributed by atoms with E-state index in [0.717, 1.165) is 11.8 Å². The number of hydrogen-bond acceptors (Lipinski definition) is 1. The minimum Gasteiger partial charge on any atom is -0.303 e. The van der Waals surface area contributed by atoms with Gasteiger partial charge in [0.25, 0.3) is 0 Å². The Morgan fingerprint density at radius 2 is 1.50 bits per heavy atom. The normalized spacial score (nSPS) is 17.8. The van der Waals surface area contributed by atoms with Gasteiger partial charge < -0.3 is 4.90 Å². The molecule has 1 aromatic carbocycles. The second-order valence-electron chi connectivity index (χ2n) is 7.05. The van der Waals surface area contributed by atoms with Crippen LogP contribution in [0.2, 0.25) is 0 Å². The SMILES string of the molecule is CCCC(CCC)C(CCN1CCCCC1)c1ccccc1. The topological polar surface area (TPSA) is 3.24 Å². The molecule has 1 aromatic rings. The van der Waals surface area contributed by atoms with Gasteiger partial charge in [-0.15, -0.1) is 0 Å². The molecular formula is C21H35N. The van der Waals surface area contributed by atoms with Crippen molar-refractivity contribution in [3.05, 3.63) is 35.9 Å². The van der Waals surface area contributed by atoms with Gasteiger partial charge in [0.05, 0.1) is 0 Å². The maximum atomic E-state index is 2.70. The van der Waals surface area contributed by atoms with Gasteiger partial charge in [-0.3, -0.25) is 0 Å². The standard InChI is InChI=1S/C21H35N/c1-3-11-19(12-4-2)21(20-13-7-5-8-14-20)15-18-22-16-9-6-10-17-22/h5,7-8,13-14,19,21H,3-4,6,9-12,15-18H2,1-2H3. The van der Waals surface area contributed by atoms with Crippen LogP contribution >= 0.6 is 0 Å². The molecule has 1 aliphatic rings. The van der Waals surface area contributed by atoms with Crippen LogP contribution in [0, 0.1) is 5.92 Å². The van der Waals surface area contributed by atoms with Crippen molar-refractivity contribution in [3.63, 3.8) is 0 Å². The quantitative estimate of drug-likeness (QED) is 0.552. The van der Waals surface area contributed by atoms with E-state index in [4.69, 9.17) is 0 Å². The average Bonchev–Trinajstić information content (AvgIpc) is 2.57. The van der Waals surface area contributed by atoms with Gasteiger partial charge in [-0.05, 0) is 56.3 Å². The summed E-state index contributed by atoms with van der Waals surface area (Å²) in [7, 11) is 0. The van der Waals surface area contributed by atoms with Crippen LogP contribution in [0.4, 0.5) is 0 Å². The van der Waals surface area contributed by atoms with Crippen molar-refractivity contribution in [2.24, 2.45) is 5.92 Å². The van der Waals surface area contributed by atoms with Crippen molar-refractivity contribution in [1.29, 1.82) is 0 Å². The molecule has 1 fully saturated rings. The summed E-state index contributed by atoms with van der Waals surface area (Å²) in [5, 5.41) is 0. The van der Waals surface area contributed by atoms with E-state index >= 15 is 0 Å². The first-order chi connectivity index (χ1) is 10.8. The zero-order valence-electron chi connectivity index (χ0n) is 14.8. The minimum absolute atomic E-state index is 0.753. The molecule has 1 unspecified atom stereocenters. The number of benzene rings is 1. The first kappa shape index (κ1) is 17.5. The third kappa shape index (κ3) is 5.43. The Hall–Kier alpha value is -0.820. The van der Waals surface area contributed by atoms with Crippen molar-refractivity contribution in [3.8, 4) is 0 Å². The number of rotatable bonds is 9. The average molecular weight is 302 g/mol. The fourth-order valence-corrected chi connectivity index (χ4v) is 4.17. The molecule has 0 saturated carbocycles. The summed E-state index contributed by atoms with van der Waals surface area (Å²) >= 11 is 0. The third-order valence-corrected chi connectivity index (χ3v) is 5.32. The maximum absolute atomic E-state index is 2.70. The van der Waals surface area contributed by atoms with Crippen LogP contribution in [-0.4, -0.2) is 24.5 Å². The monoisotopic (exact) mass is 301 g/mol. The molecule has 0 amide bonds. The number of hydrogen-bond donors (Lipinski definition) is 0. The zero-order chi connectivity index (χ0) is 15.6. The minimum atomic E-state index is 0.753. The Bertz CT molecular complexity index is 374. The summed E-state index contributed by atoms with van der Waals surface area (Å²) in [6.07, 6.45) is 11.0. The van der Waals surface area contributed by atoms with Crippen LogP contribution in [0.3, 0.4) is 0 Å². The van der Waals surface area contributed by atoms with Gasteiger partial charge in [-0.2, -0.15) is 0 Å². The molecule has 124 valence electrons. The van der Waals surface area contributed by atoms with E-state index in [1.54, 1.807) is 5.56 Å². The van der Waals surface area contributed by atoms with Crippen LogP contribution in [-0.2, 0) is 0 Å². The summed E-state index contributed by atoms with van der Waals surface area (Å²) < 4.78 is 0. The van der Waals surface area contributed by atoms with Crippen molar-refractivity contribution >= 4 is 0 Å². The first-order valence-electron chi connectivity index (χ1n) is 9.62. The smallest absolute Gasteiger partial charge is 0.00128 e. The summed E-state index contributed by atoms with van der Waals surface area (Å²) in [4.78, 5) is 2.70. The lowest BCUT2D eigenvalue weighted by Crippen LogP contribution is -2.32. The molecule has 1 atom stereocenters. The van der Waals surface area contributed by atoms with Gasteiger partial charge in [0.15, 0.2) is 0 Å². The van der Waals surface area contributed by atoms with Crippen molar-refractivity contribution in [1.82, 2.24) is 4.90 Å². The molecule has 1 nitrogen and oxygen atoms in total. The number of likely N-dealkylation sites (tertiary alicyclic amines) is 1. The Balaban J connectivity index is 2.02. The highest BCUT2D eigenvalue weighted by Gasteiger charge is 2.23. The zero-order valence-corrected chi connectivity index (χ0v) is 14.8. The van der Waals surface area contributed by atoms with Crippen LogP contribution < -0.4 is 0 Å². The molecule has 0 bridgehead atoms. The highest BCUT2D eigenvalue weighted by molar-refractivity contribution is 5.20. The lowest BCUT2D eigenvalue weighted by molar-refractivity contribution is 0.208. The summed E-state index contributed by atoms with van der Waals surface area (Å²) in [5.41, 5.74) is 1.58. The van der Waals surface area contributed by atoms with E-state index in [1.807, 2.05) is 0 Å². The molecule has 0 radical (unpaired) electrons. The molecule has 1 heterocycles. The van der Waals surface area contributed by atoms with Gasteiger partial charge in [-0.1, -0.05) is 76.3 Å². The van der Waals surface area contributed by atoms with E-state index in [2.05, 4.69) is 49.1 Å². The maximum Gasteiger partial charge on any atom is -0.00128 e. The van der Waals surface area contributed by atoms with E-state index < -0.39 is 0 Å². The summed E-state index contributed by atoms with van der Waals surface area (Å²) in [6.45, 7) is 8.63. The van der Waals surface area contributed by atoms with Gasteiger partial charge >= 0.3 is 0 Å². The summed E-state index contributed by atoms with van der Waals surface area (Å²) in [5.74, 6) is 1.62. The predicted octanol–water partition coefficient (Wildman–Crippen LogP) is 5.86. The summed E-state index contributed by atoms with van der Waals surface area (Å²) in [6, 6.07) is 11.3. The van der Waals surface area contributed by atoms with E-state index in [-0.39, 0.29) is 0 Å². The highest BCUT2D eigenvalue weighted by atomic mass is 15.1. The van der Waals surface area contributed by atoms with Gasteiger partial charge in [0, 0.05) is 0 Å². The molecule has 0 spiro atoms. The van der Waals surface area contributed by atoms with E-state index in [1.165, 1.54) is 71.0 Å². The molecule has 1 saturated heterocycles. The number of nitrogens with zero attached hydrogens (tertiary/aromatic N) is 1. The Morgan fingerprint density at radius 3 is 2.09 bits per heavy atom. The van der Waals surface area contributed by atoms with Gasteiger partial charge in [0.2, 0.25) is 0 Å². The van der Waals surface area contributed by atoms with Crippen molar-refractivity contribution in [2.45, 2.75) is 71.1 Å². The number of piperidine rings is 1. The van der Waals surface area contributed by atoms with E-state index in [0.29, 0.717) is 0 Å². The molecule has 1 heteroatoms. The van der Waals surface area contributed by atoms with Crippen LogP contribution in [0.15, 0.2) is 30.3 Å². The molecule has 1 aliphatic heterocycles.